The van der Waals surface area contributed by atoms with Gasteiger partial charge in [-0.2, -0.15) is 0 Å². The minimum absolute atomic E-state index is 0.0483. The predicted octanol–water partition coefficient (Wildman–Crippen LogP) is 2.15. The number of piperidine rings is 1. The van der Waals surface area contributed by atoms with Crippen LogP contribution in [0.25, 0.3) is 5.65 Å². The SMILES string of the molecule is COc1ccccc1OCCNC(=O)C1CCCN(c2nnc3ccccn23)C1. The summed E-state index contributed by atoms with van der Waals surface area (Å²) in [5.74, 6) is 2.12. The van der Waals surface area contributed by atoms with Crippen molar-refractivity contribution in [3.63, 3.8) is 0 Å². The van der Waals surface area contributed by atoms with Gasteiger partial charge in [-0.15, -0.1) is 10.2 Å². The van der Waals surface area contributed by atoms with Crippen LogP contribution in [0.3, 0.4) is 0 Å². The van der Waals surface area contributed by atoms with E-state index in [1.54, 1.807) is 7.11 Å². The summed E-state index contributed by atoms with van der Waals surface area (Å²) in [5.41, 5.74) is 0.808. The van der Waals surface area contributed by atoms with Gasteiger partial charge in [-0.3, -0.25) is 9.20 Å². The van der Waals surface area contributed by atoms with E-state index in [0.29, 0.717) is 31.2 Å². The average molecular weight is 395 g/mol. The molecule has 0 bridgehead atoms. The molecule has 1 aliphatic rings. The second-order valence-corrected chi connectivity index (χ2v) is 7.00. The molecule has 1 aromatic carbocycles. The van der Waals surface area contributed by atoms with Gasteiger partial charge in [0.15, 0.2) is 17.1 Å². The molecule has 0 saturated carbocycles. The Bertz CT molecular complexity index is 974. The van der Waals surface area contributed by atoms with Gasteiger partial charge >= 0.3 is 0 Å². The van der Waals surface area contributed by atoms with Gasteiger partial charge in [0.25, 0.3) is 0 Å². The van der Waals surface area contributed by atoms with Crippen molar-refractivity contribution >= 4 is 17.5 Å². The summed E-state index contributed by atoms with van der Waals surface area (Å²) in [6.45, 7) is 2.34. The number of benzene rings is 1. The van der Waals surface area contributed by atoms with Crippen molar-refractivity contribution in [2.24, 2.45) is 5.92 Å². The van der Waals surface area contributed by atoms with Gasteiger partial charge in [0.2, 0.25) is 11.9 Å². The van der Waals surface area contributed by atoms with E-state index in [4.69, 9.17) is 9.47 Å². The van der Waals surface area contributed by atoms with Crippen LogP contribution in [-0.4, -0.2) is 53.9 Å². The number of para-hydroxylation sites is 2. The third-order valence-corrected chi connectivity index (χ3v) is 5.10. The van der Waals surface area contributed by atoms with Gasteiger partial charge in [-0.25, -0.2) is 0 Å². The largest absolute Gasteiger partial charge is 0.493 e. The average Bonchev–Trinajstić information content (AvgIpc) is 3.21. The van der Waals surface area contributed by atoms with Crippen LogP contribution in [0.5, 0.6) is 11.5 Å². The summed E-state index contributed by atoms with van der Waals surface area (Å²) in [4.78, 5) is 14.8. The molecular weight excluding hydrogens is 370 g/mol. The van der Waals surface area contributed by atoms with Crippen molar-refractivity contribution in [1.29, 1.82) is 0 Å². The zero-order valence-corrected chi connectivity index (χ0v) is 16.5. The summed E-state index contributed by atoms with van der Waals surface area (Å²) >= 11 is 0. The molecule has 4 rings (SSSR count). The number of fused-ring (bicyclic) bond motifs is 1. The molecule has 0 radical (unpaired) electrons. The number of ether oxygens (including phenoxy) is 2. The molecule has 1 N–H and O–H groups in total. The molecule has 1 unspecified atom stereocenters. The maximum Gasteiger partial charge on any atom is 0.231 e. The lowest BCUT2D eigenvalue weighted by Crippen LogP contribution is -2.44. The number of hydrogen-bond donors (Lipinski definition) is 1. The Hall–Kier alpha value is -3.29. The highest BCUT2D eigenvalue weighted by Crippen LogP contribution is 2.25. The molecule has 2 aromatic heterocycles. The van der Waals surface area contributed by atoms with Gasteiger partial charge in [0.1, 0.15) is 6.61 Å². The number of hydrogen-bond acceptors (Lipinski definition) is 6. The van der Waals surface area contributed by atoms with Crippen molar-refractivity contribution in [2.45, 2.75) is 12.8 Å². The van der Waals surface area contributed by atoms with Crippen LogP contribution < -0.4 is 19.7 Å². The molecule has 0 aliphatic carbocycles. The third-order valence-electron chi connectivity index (χ3n) is 5.10. The lowest BCUT2D eigenvalue weighted by atomic mass is 9.97. The number of methoxy groups -OCH3 is 1. The molecule has 152 valence electrons. The number of aromatic nitrogens is 3. The standard InChI is InChI=1S/C21H25N5O3/c1-28-17-8-2-3-9-18(17)29-14-11-22-20(27)16-7-6-12-25(15-16)21-24-23-19-10-4-5-13-26(19)21/h2-5,8-10,13,16H,6-7,11-12,14-15H2,1H3,(H,22,27). The molecule has 1 atom stereocenters. The summed E-state index contributed by atoms with van der Waals surface area (Å²) in [6, 6.07) is 13.3. The number of rotatable bonds is 7. The molecule has 1 saturated heterocycles. The van der Waals surface area contributed by atoms with E-state index in [1.165, 1.54) is 0 Å². The molecule has 1 fully saturated rings. The van der Waals surface area contributed by atoms with E-state index in [9.17, 15) is 4.79 Å². The first-order valence-corrected chi connectivity index (χ1v) is 9.84. The predicted molar refractivity (Wildman–Crippen MR) is 109 cm³/mol. The zero-order valence-electron chi connectivity index (χ0n) is 16.5. The van der Waals surface area contributed by atoms with Crippen molar-refractivity contribution < 1.29 is 14.3 Å². The van der Waals surface area contributed by atoms with Crippen molar-refractivity contribution in [3.05, 3.63) is 48.7 Å². The molecule has 1 aliphatic heterocycles. The molecule has 1 amide bonds. The Balaban J connectivity index is 1.30. The van der Waals surface area contributed by atoms with Crippen LogP contribution in [0.4, 0.5) is 5.95 Å². The Labute approximate surface area is 169 Å². The Morgan fingerprint density at radius 1 is 1.17 bits per heavy atom. The van der Waals surface area contributed by atoms with Gasteiger partial charge < -0.3 is 19.7 Å². The molecule has 29 heavy (non-hydrogen) atoms. The van der Waals surface area contributed by atoms with Crippen LogP contribution in [-0.2, 0) is 4.79 Å². The molecular formula is C21H25N5O3. The number of amides is 1. The van der Waals surface area contributed by atoms with Gasteiger partial charge in [-0.1, -0.05) is 18.2 Å². The first-order valence-electron chi connectivity index (χ1n) is 9.84. The van der Waals surface area contributed by atoms with E-state index >= 15 is 0 Å². The number of pyridine rings is 1. The monoisotopic (exact) mass is 395 g/mol. The lowest BCUT2D eigenvalue weighted by Gasteiger charge is -2.31. The number of carbonyl (C=O) groups excluding carboxylic acids is 1. The highest BCUT2D eigenvalue weighted by molar-refractivity contribution is 5.79. The smallest absolute Gasteiger partial charge is 0.231 e. The Kier molecular flexibility index (Phi) is 5.79. The van der Waals surface area contributed by atoms with Crippen LogP contribution in [0.1, 0.15) is 12.8 Å². The van der Waals surface area contributed by atoms with Gasteiger partial charge in [0, 0.05) is 19.3 Å². The van der Waals surface area contributed by atoms with E-state index in [-0.39, 0.29) is 11.8 Å². The summed E-state index contributed by atoms with van der Waals surface area (Å²) in [5, 5.41) is 11.5. The highest BCUT2D eigenvalue weighted by atomic mass is 16.5. The number of carbonyl (C=O) groups is 1. The highest BCUT2D eigenvalue weighted by Gasteiger charge is 2.27. The molecule has 8 nitrogen and oxygen atoms in total. The fraction of sp³-hybridized carbons (Fsp3) is 0.381. The van der Waals surface area contributed by atoms with E-state index < -0.39 is 0 Å². The minimum Gasteiger partial charge on any atom is -0.493 e. The summed E-state index contributed by atoms with van der Waals surface area (Å²) < 4.78 is 12.9. The van der Waals surface area contributed by atoms with Crippen LogP contribution >= 0.6 is 0 Å². The second kappa shape index (κ2) is 8.81. The maximum absolute atomic E-state index is 12.7. The molecule has 8 heteroatoms. The van der Waals surface area contributed by atoms with Gasteiger partial charge in [-0.05, 0) is 37.1 Å². The van der Waals surface area contributed by atoms with Crippen molar-refractivity contribution in [2.75, 3.05) is 38.3 Å². The van der Waals surface area contributed by atoms with Crippen LogP contribution in [0.15, 0.2) is 48.7 Å². The number of nitrogens with one attached hydrogen (secondary N) is 1. The first kappa shape index (κ1) is 19.0. The number of anilines is 1. The van der Waals surface area contributed by atoms with Crippen LogP contribution in [0.2, 0.25) is 0 Å². The third kappa shape index (κ3) is 4.26. The van der Waals surface area contributed by atoms with Gasteiger partial charge in [0.05, 0.1) is 19.6 Å². The summed E-state index contributed by atoms with van der Waals surface area (Å²) in [7, 11) is 1.61. The maximum atomic E-state index is 12.7. The molecule has 3 aromatic rings. The second-order valence-electron chi connectivity index (χ2n) is 7.00. The quantitative estimate of drug-likeness (QED) is 0.618. The minimum atomic E-state index is -0.0777. The number of nitrogens with zero attached hydrogens (tertiary/aromatic N) is 4. The van der Waals surface area contributed by atoms with E-state index in [1.807, 2.05) is 53.1 Å². The van der Waals surface area contributed by atoms with E-state index in [2.05, 4.69) is 20.4 Å². The fourth-order valence-electron chi connectivity index (χ4n) is 3.63. The van der Waals surface area contributed by atoms with E-state index in [0.717, 1.165) is 31.0 Å². The molecule has 3 heterocycles. The Morgan fingerprint density at radius 3 is 2.86 bits per heavy atom. The topological polar surface area (TPSA) is 81.0 Å². The normalized spacial score (nSPS) is 16.6. The summed E-state index contributed by atoms with van der Waals surface area (Å²) in [6.07, 6.45) is 3.76. The Morgan fingerprint density at radius 2 is 2.00 bits per heavy atom. The van der Waals surface area contributed by atoms with Crippen LogP contribution in [0, 0.1) is 5.92 Å². The van der Waals surface area contributed by atoms with Crippen molar-refractivity contribution in [1.82, 2.24) is 19.9 Å². The molecule has 0 spiro atoms. The fourth-order valence-corrected chi connectivity index (χ4v) is 3.63. The van der Waals surface area contributed by atoms with Crippen molar-refractivity contribution in [3.8, 4) is 11.5 Å². The lowest BCUT2D eigenvalue weighted by molar-refractivity contribution is -0.125. The zero-order chi connectivity index (χ0) is 20.1. The first-order chi connectivity index (χ1) is 14.3.